The predicted molar refractivity (Wildman–Crippen MR) is 104 cm³/mol. The standard InChI is InChI=1S/C23H26N2O2/c26-22(27)23(21-14-16-10-12-25(21)13-11-16)19-9-5-4-8-18(19)15-20(24-23)17-6-2-1-3-7-17/h1-9,16,20-21,24H,10-15H2,(H,26,27). The lowest BCUT2D eigenvalue weighted by Crippen LogP contribution is -2.68. The number of hydrogen-bond donors (Lipinski definition) is 2. The van der Waals surface area contributed by atoms with E-state index in [0.29, 0.717) is 5.92 Å². The average molecular weight is 362 g/mol. The first kappa shape index (κ1) is 17.0. The fourth-order valence-electron chi connectivity index (χ4n) is 5.60. The molecule has 27 heavy (non-hydrogen) atoms. The number of nitrogens with one attached hydrogen (secondary N) is 1. The highest BCUT2D eigenvalue weighted by Crippen LogP contribution is 2.46. The zero-order valence-electron chi connectivity index (χ0n) is 15.5. The molecule has 4 heterocycles. The Bertz CT molecular complexity index is 844. The maximum Gasteiger partial charge on any atom is 0.330 e. The van der Waals surface area contributed by atoms with Crippen molar-refractivity contribution in [3.05, 3.63) is 71.3 Å². The molecule has 0 aromatic heterocycles. The van der Waals surface area contributed by atoms with E-state index in [0.717, 1.165) is 42.6 Å². The molecule has 0 amide bonds. The van der Waals surface area contributed by atoms with E-state index < -0.39 is 11.5 Å². The largest absolute Gasteiger partial charge is 0.480 e. The molecule has 6 rings (SSSR count). The van der Waals surface area contributed by atoms with Gasteiger partial charge in [0.25, 0.3) is 0 Å². The SMILES string of the molecule is O=C(O)C1(C2CC3CCN2CC3)NC(c2ccccc2)Cc2ccccc21. The summed E-state index contributed by atoms with van der Waals surface area (Å²) in [5.41, 5.74) is 2.24. The van der Waals surface area contributed by atoms with Crippen LogP contribution in [0.25, 0.3) is 0 Å². The molecule has 2 bridgehead atoms. The van der Waals surface area contributed by atoms with Gasteiger partial charge in [-0.1, -0.05) is 54.6 Å². The van der Waals surface area contributed by atoms with Gasteiger partial charge >= 0.3 is 5.97 Å². The molecule has 0 spiro atoms. The number of carboxylic acid groups (broad SMARTS) is 1. The van der Waals surface area contributed by atoms with Crippen LogP contribution in [-0.2, 0) is 16.8 Å². The van der Waals surface area contributed by atoms with Gasteiger partial charge in [0.15, 0.2) is 5.54 Å². The first-order valence-corrected chi connectivity index (χ1v) is 10.1. The summed E-state index contributed by atoms with van der Waals surface area (Å²) in [6, 6.07) is 18.5. The van der Waals surface area contributed by atoms with Gasteiger partial charge in [0, 0.05) is 12.1 Å². The van der Waals surface area contributed by atoms with Crippen LogP contribution in [0.3, 0.4) is 0 Å². The van der Waals surface area contributed by atoms with Crippen LogP contribution in [0.1, 0.15) is 42.0 Å². The van der Waals surface area contributed by atoms with Crippen molar-refractivity contribution < 1.29 is 9.90 Å². The Hall–Kier alpha value is -2.17. The summed E-state index contributed by atoms with van der Waals surface area (Å²) < 4.78 is 0. The molecule has 2 aromatic rings. The summed E-state index contributed by atoms with van der Waals surface area (Å²) in [4.78, 5) is 15.3. The molecule has 4 heteroatoms. The summed E-state index contributed by atoms with van der Waals surface area (Å²) in [7, 11) is 0. The Morgan fingerprint density at radius 1 is 1.04 bits per heavy atom. The molecule has 4 aliphatic heterocycles. The number of aliphatic carboxylic acids is 1. The summed E-state index contributed by atoms with van der Waals surface area (Å²) in [6.45, 7) is 2.04. The van der Waals surface area contributed by atoms with Gasteiger partial charge in [-0.05, 0) is 61.4 Å². The van der Waals surface area contributed by atoms with Crippen molar-refractivity contribution in [1.29, 1.82) is 0 Å². The van der Waals surface area contributed by atoms with Gasteiger partial charge in [0.2, 0.25) is 0 Å². The molecule has 0 aliphatic carbocycles. The highest BCUT2D eigenvalue weighted by molar-refractivity contribution is 5.83. The topological polar surface area (TPSA) is 52.6 Å². The second kappa shape index (κ2) is 6.47. The molecular formula is C23H26N2O2. The number of hydrogen-bond acceptors (Lipinski definition) is 3. The Morgan fingerprint density at radius 3 is 2.41 bits per heavy atom. The van der Waals surface area contributed by atoms with Crippen LogP contribution in [0.5, 0.6) is 0 Å². The number of rotatable bonds is 3. The van der Waals surface area contributed by atoms with E-state index in [-0.39, 0.29) is 12.1 Å². The third kappa shape index (κ3) is 2.62. The van der Waals surface area contributed by atoms with Crippen LogP contribution in [0, 0.1) is 5.92 Å². The molecular weight excluding hydrogens is 336 g/mol. The minimum Gasteiger partial charge on any atom is -0.480 e. The van der Waals surface area contributed by atoms with Gasteiger partial charge < -0.3 is 5.11 Å². The summed E-state index contributed by atoms with van der Waals surface area (Å²) >= 11 is 0. The monoisotopic (exact) mass is 362 g/mol. The van der Waals surface area contributed by atoms with E-state index in [1.807, 2.05) is 36.4 Å². The van der Waals surface area contributed by atoms with Crippen LogP contribution in [0.2, 0.25) is 0 Å². The molecule has 4 nitrogen and oxygen atoms in total. The first-order valence-electron chi connectivity index (χ1n) is 10.1. The van der Waals surface area contributed by atoms with Gasteiger partial charge in [-0.3, -0.25) is 10.2 Å². The highest BCUT2D eigenvalue weighted by atomic mass is 16.4. The van der Waals surface area contributed by atoms with Crippen LogP contribution in [0.15, 0.2) is 54.6 Å². The third-order valence-electron chi connectivity index (χ3n) is 6.95. The molecule has 3 atom stereocenters. The smallest absolute Gasteiger partial charge is 0.330 e. The Morgan fingerprint density at radius 2 is 1.74 bits per heavy atom. The Kier molecular flexibility index (Phi) is 4.06. The van der Waals surface area contributed by atoms with E-state index in [2.05, 4.69) is 28.4 Å². The number of piperidine rings is 3. The van der Waals surface area contributed by atoms with E-state index in [4.69, 9.17) is 0 Å². The lowest BCUT2D eigenvalue weighted by molar-refractivity contribution is -0.153. The molecule has 2 aromatic carbocycles. The third-order valence-corrected chi connectivity index (χ3v) is 6.95. The van der Waals surface area contributed by atoms with Crippen LogP contribution in [-0.4, -0.2) is 35.1 Å². The second-order valence-corrected chi connectivity index (χ2v) is 8.31. The van der Waals surface area contributed by atoms with Gasteiger partial charge in [-0.15, -0.1) is 0 Å². The van der Waals surface area contributed by atoms with E-state index >= 15 is 0 Å². The lowest BCUT2D eigenvalue weighted by Gasteiger charge is -2.55. The summed E-state index contributed by atoms with van der Waals surface area (Å²) in [5, 5.41) is 14.2. The molecule has 3 unspecified atom stereocenters. The van der Waals surface area contributed by atoms with Crippen molar-refractivity contribution in [2.45, 2.75) is 43.3 Å². The fourth-order valence-corrected chi connectivity index (χ4v) is 5.60. The lowest BCUT2D eigenvalue weighted by atomic mass is 9.68. The van der Waals surface area contributed by atoms with E-state index in [1.165, 1.54) is 12.8 Å². The molecule has 3 fully saturated rings. The number of carbonyl (C=O) groups is 1. The van der Waals surface area contributed by atoms with Crippen LogP contribution in [0.4, 0.5) is 0 Å². The average Bonchev–Trinajstić information content (AvgIpc) is 2.74. The second-order valence-electron chi connectivity index (χ2n) is 8.31. The Labute approximate surface area is 160 Å². The van der Waals surface area contributed by atoms with Crippen molar-refractivity contribution in [2.24, 2.45) is 5.92 Å². The van der Waals surface area contributed by atoms with Gasteiger partial charge in [0.1, 0.15) is 0 Å². The van der Waals surface area contributed by atoms with Crippen LogP contribution >= 0.6 is 0 Å². The Balaban J connectivity index is 1.65. The number of nitrogens with zero attached hydrogens (tertiary/aromatic N) is 1. The van der Waals surface area contributed by atoms with Gasteiger partial charge in [-0.25, -0.2) is 4.79 Å². The van der Waals surface area contributed by atoms with E-state index in [1.54, 1.807) is 0 Å². The zero-order chi connectivity index (χ0) is 18.4. The normalized spacial score (nSPS) is 34.8. The minimum absolute atomic E-state index is 0.00941. The quantitative estimate of drug-likeness (QED) is 0.879. The molecule has 4 aliphatic rings. The maximum absolute atomic E-state index is 12.9. The maximum atomic E-state index is 12.9. The molecule has 0 radical (unpaired) electrons. The van der Waals surface area contributed by atoms with Crippen LogP contribution < -0.4 is 5.32 Å². The minimum atomic E-state index is -1.05. The molecule has 140 valence electrons. The molecule has 3 saturated heterocycles. The van der Waals surface area contributed by atoms with Gasteiger partial charge in [-0.2, -0.15) is 0 Å². The number of fused-ring (bicyclic) bond motifs is 4. The molecule has 0 saturated carbocycles. The van der Waals surface area contributed by atoms with E-state index in [9.17, 15) is 9.90 Å². The van der Waals surface area contributed by atoms with Crippen molar-refractivity contribution in [2.75, 3.05) is 13.1 Å². The highest BCUT2D eigenvalue weighted by Gasteiger charge is 2.56. The molecule has 2 N–H and O–H groups in total. The number of benzene rings is 2. The van der Waals surface area contributed by atoms with Crippen molar-refractivity contribution in [1.82, 2.24) is 10.2 Å². The summed E-state index contributed by atoms with van der Waals surface area (Å²) in [6.07, 6.45) is 4.20. The first-order chi connectivity index (χ1) is 13.2. The summed E-state index contributed by atoms with van der Waals surface area (Å²) in [5.74, 6) is -0.0876. The number of carboxylic acids is 1. The fraction of sp³-hybridized carbons (Fsp3) is 0.435. The van der Waals surface area contributed by atoms with Crippen molar-refractivity contribution in [3.63, 3.8) is 0 Å². The van der Waals surface area contributed by atoms with Crippen molar-refractivity contribution >= 4 is 5.97 Å². The van der Waals surface area contributed by atoms with Gasteiger partial charge in [0.05, 0.1) is 0 Å². The van der Waals surface area contributed by atoms with Crippen molar-refractivity contribution in [3.8, 4) is 0 Å². The zero-order valence-corrected chi connectivity index (χ0v) is 15.5. The predicted octanol–water partition coefficient (Wildman–Crippen LogP) is 3.34.